The van der Waals surface area contributed by atoms with Crippen LogP contribution in [0.2, 0.25) is 0 Å². The molecule has 2 atom stereocenters. The van der Waals surface area contributed by atoms with Crippen LogP contribution in [0.4, 0.5) is 0 Å². The van der Waals surface area contributed by atoms with E-state index in [1.807, 2.05) is 0 Å². The van der Waals surface area contributed by atoms with Gasteiger partial charge in [-0.1, -0.05) is 26.8 Å². The zero-order chi connectivity index (χ0) is 17.9. The molecule has 0 bridgehead atoms. The van der Waals surface area contributed by atoms with Crippen molar-refractivity contribution in [3.63, 3.8) is 0 Å². The van der Waals surface area contributed by atoms with E-state index in [1.165, 1.54) is 0 Å². The molecule has 2 aliphatic rings. The molecule has 0 aromatic rings. The van der Waals surface area contributed by atoms with Crippen molar-refractivity contribution in [1.29, 1.82) is 15.8 Å². The molecule has 1 heterocycles. The van der Waals surface area contributed by atoms with Crippen molar-refractivity contribution >= 4 is 0 Å². The first-order chi connectivity index (χ1) is 11.4. The van der Waals surface area contributed by atoms with E-state index in [0.29, 0.717) is 11.5 Å². The summed E-state index contributed by atoms with van der Waals surface area (Å²) in [4.78, 5) is 2.33. The van der Waals surface area contributed by atoms with E-state index in [0.717, 1.165) is 38.0 Å². The topological polar surface area (TPSA) is 101 Å². The van der Waals surface area contributed by atoms with Crippen LogP contribution in [0.3, 0.4) is 0 Å². The number of nitrogens with two attached hydrogens (primary N) is 1. The Kier molecular flexibility index (Phi) is 5.33. The molecule has 0 fully saturated rings. The number of rotatable bonds is 4. The maximum absolute atomic E-state index is 9.84. The largest absolute Gasteiger partial charge is 0.399 e. The number of hydrogen-bond donors (Lipinski definition) is 1. The lowest BCUT2D eigenvalue weighted by Crippen LogP contribution is -2.49. The molecule has 2 rings (SSSR count). The second kappa shape index (κ2) is 7.08. The number of allylic oxidation sites excluding steroid dienone is 2. The molecule has 5 nitrogen and oxygen atoms in total. The van der Waals surface area contributed by atoms with Crippen molar-refractivity contribution in [2.75, 3.05) is 19.6 Å². The Hall–Kier alpha value is -2.29. The lowest BCUT2D eigenvalue weighted by molar-refractivity contribution is 0.148. The minimum absolute atomic E-state index is 0.00829. The first-order valence-corrected chi connectivity index (χ1v) is 8.60. The molecule has 1 aliphatic heterocycles. The molecule has 0 radical (unpaired) electrons. The Bertz CT molecular complexity index is 666. The van der Waals surface area contributed by atoms with E-state index in [2.05, 4.69) is 50.0 Å². The molecule has 0 spiro atoms. The van der Waals surface area contributed by atoms with Crippen LogP contribution >= 0.6 is 0 Å². The quantitative estimate of drug-likeness (QED) is 0.857. The van der Waals surface area contributed by atoms with Gasteiger partial charge in [0, 0.05) is 24.9 Å². The van der Waals surface area contributed by atoms with E-state index in [9.17, 15) is 15.8 Å². The molecule has 0 aromatic carbocycles. The summed E-state index contributed by atoms with van der Waals surface area (Å²) in [6.07, 6.45) is 3.86. The maximum Gasteiger partial charge on any atom is 0.187 e. The van der Waals surface area contributed by atoms with Crippen molar-refractivity contribution in [3.8, 4) is 18.2 Å². The predicted octanol–water partition coefficient (Wildman–Crippen LogP) is 2.70. The lowest BCUT2D eigenvalue weighted by atomic mass is 9.58. The fraction of sp³-hybridized carbons (Fsp3) is 0.632. The number of nitrogens with zero attached hydrogens (tertiary/aromatic N) is 4. The van der Waals surface area contributed by atoms with E-state index in [-0.39, 0.29) is 17.5 Å². The molecule has 24 heavy (non-hydrogen) atoms. The van der Waals surface area contributed by atoms with Gasteiger partial charge in [-0.25, -0.2) is 0 Å². The Labute approximate surface area is 144 Å². The highest BCUT2D eigenvalue weighted by Gasteiger charge is 2.53. The van der Waals surface area contributed by atoms with Crippen molar-refractivity contribution in [1.82, 2.24) is 4.90 Å². The average molecular weight is 323 g/mol. The van der Waals surface area contributed by atoms with Crippen LogP contribution in [-0.2, 0) is 0 Å². The Morgan fingerprint density at radius 3 is 2.50 bits per heavy atom. The molecule has 1 aliphatic carbocycles. The van der Waals surface area contributed by atoms with Crippen molar-refractivity contribution in [2.45, 2.75) is 33.6 Å². The molecule has 0 saturated heterocycles. The molecule has 0 unspecified atom stereocenters. The van der Waals surface area contributed by atoms with Gasteiger partial charge >= 0.3 is 0 Å². The number of fused-ring (bicyclic) bond motifs is 1. The normalized spacial score (nSPS) is 26.1. The molecule has 0 aromatic heterocycles. The van der Waals surface area contributed by atoms with Crippen molar-refractivity contribution < 1.29 is 0 Å². The fourth-order valence-corrected chi connectivity index (χ4v) is 4.10. The zero-order valence-corrected chi connectivity index (χ0v) is 14.7. The first-order valence-electron chi connectivity index (χ1n) is 8.60. The monoisotopic (exact) mass is 323 g/mol. The fourth-order valence-electron chi connectivity index (χ4n) is 4.10. The second-order valence-corrected chi connectivity index (χ2v) is 7.19. The third-order valence-corrected chi connectivity index (χ3v) is 5.18. The van der Waals surface area contributed by atoms with Gasteiger partial charge in [-0.2, -0.15) is 15.8 Å². The van der Waals surface area contributed by atoms with Crippen LogP contribution in [0, 0.1) is 57.2 Å². The maximum atomic E-state index is 9.84. The van der Waals surface area contributed by atoms with Crippen LogP contribution in [0.1, 0.15) is 33.6 Å². The summed E-state index contributed by atoms with van der Waals surface area (Å²) in [7, 11) is 0. The molecule has 0 saturated carbocycles. The van der Waals surface area contributed by atoms with Gasteiger partial charge in [0.2, 0.25) is 0 Å². The molecule has 2 N–H and O–H groups in total. The third kappa shape index (κ3) is 2.79. The average Bonchev–Trinajstić information content (AvgIpc) is 2.56. The summed E-state index contributed by atoms with van der Waals surface area (Å²) >= 11 is 0. The highest BCUT2D eigenvalue weighted by Crippen LogP contribution is 2.51. The van der Waals surface area contributed by atoms with Crippen LogP contribution in [0.25, 0.3) is 0 Å². The highest BCUT2D eigenvalue weighted by molar-refractivity contribution is 5.56. The lowest BCUT2D eigenvalue weighted by Gasteiger charge is -2.46. The summed E-state index contributed by atoms with van der Waals surface area (Å²) in [5.41, 5.74) is 6.23. The van der Waals surface area contributed by atoms with Gasteiger partial charge < -0.3 is 5.73 Å². The SMILES string of the molecule is CCCN1CC=C2C(C#N)=C(N)C(C#N)(C#N)[C@H](CC(C)C)[C@H]2C1. The van der Waals surface area contributed by atoms with Gasteiger partial charge in [0.25, 0.3) is 0 Å². The molecule has 0 amide bonds. The first kappa shape index (κ1) is 18.1. The molecule has 126 valence electrons. The minimum Gasteiger partial charge on any atom is -0.399 e. The van der Waals surface area contributed by atoms with Crippen molar-refractivity contribution in [3.05, 3.63) is 22.9 Å². The van der Waals surface area contributed by atoms with Crippen LogP contribution in [0.5, 0.6) is 0 Å². The Morgan fingerprint density at radius 2 is 2.00 bits per heavy atom. The number of hydrogen-bond acceptors (Lipinski definition) is 5. The van der Waals surface area contributed by atoms with Gasteiger partial charge in [0.15, 0.2) is 5.41 Å². The summed E-state index contributed by atoms with van der Waals surface area (Å²) in [6.45, 7) is 8.87. The van der Waals surface area contributed by atoms with Crippen LogP contribution in [-0.4, -0.2) is 24.5 Å². The summed E-state index contributed by atoms with van der Waals surface area (Å²) < 4.78 is 0. The van der Waals surface area contributed by atoms with E-state index < -0.39 is 5.41 Å². The van der Waals surface area contributed by atoms with E-state index in [1.54, 1.807) is 0 Å². The molecule has 5 heteroatoms. The minimum atomic E-state index is -1.41. The predicted molar refractivity (Wildman–Crippen MR) is 91.7 cm³/mol. The van der Waals surface area contributed by atoms with Gasteiger partial charge in [0.1, 0.15) is 6.07 Å². The van der Waals surface area contributed by atoms with Gasteiger partial charge in [-0.15, -0.1) is 0 Å². The molecular formula is C19H25N5. The smallest absolute Gasteiger partial charge is 0.187 e. The molecular weight excluding hydrogens is 298 g/mol. The third-order valence-electron chi connectivity index (χ3n) is 5.18. The highest BCUT2D eigenvalue weighted by atomic mass is 15.1. The van der Waals surface area contributed by atoms with Crippen LogP contribution < -0.4 is 5.73 Å². The second-order valence-electron chi connectivity index (χ2n) is 7.19. The van der Waals surface area contributed by atoms with Gasteiger partial charge in [-0.05, 0) is 30.9 Å². The van der Waals surface area contributed by atoms with Gasteiger partial charge in [-0.3, -0.25) is 4.90 Å². The van der Waals surface area contributed by atoms with Crippen LogP contribution in [0.15, 0.2) is 22.9 Å². The Balaban J connectivity index is 2.63. The Morgan fingerprint density at radius 1 is 1.33 bits per heavy atom. The summed E-state index contributed by atoms with van der Waals surface area (Å²) in [5.74, 6) is 0.166. The summed E-state index contributed by atoms with van der Waals surface area (Å²) in [6, 6.07) is 6.51. The summed E-state index contributed by atoms with van der Waals surface area (Å²) in [5, 5.41) is 29.3. The standard InChI is InChI=1S/C19H25N5/c1-4-6-24-7-5-14-15(9-20)18(23)19(11-21,12-22)17(8-13(2)3)16(14)10-24/h5,13,16-17H,4,6-8,10,23H2,1-3H3/t16-,17+/m0/s1. The van der Waals surface area contributed by atoms with Crippen molar-refractivity contribution in [2.24, 2.45) is 28.9 Å². The zero-order valence-electron chi connectivity index (χ0n) is 14.7. The van der Waals surface area contributed by atoms with E-state index >= 15 is 0 Å². The van der Waals surface area contributed by atoms with E-state index in [4.69, 9.17) is 5.73 Å². The number of nitriles is 3. The van der Waals surface area contributed by atoms with Gasteiger partial charge in [0.05, 0.1) is 23.4 Å².